The lowest BCUT2D eigenvalue weighted by Gasteiger charge is -2.09. The van der Waals surface area contributed by atoms with E-state index in [-0.39, 0.29) is 29.0 Å². The minimum Gasteiger partial charge on any atom is -0.423 e. The summed E-state index contributed by atoms with van der Waals surface area (Å²) in [6.45, 7) is 3.84. The quantitative estimate of drug-likeness (QED) is 0.447. The normalized spacial score (nSPS) is 14.0. The molecule has 0 aliphatic carbocycles. The molecular formula is C22H18N2O7. The second-order valence-electron chi connectivity index (χ2n) is 6.49. The molecule has 9 nitrogen and oxygen atoms in total. The Morgan fingerprint density at radius 2 is 1.58 bits per heavy atom. The van der Waals surface area contributed by atoms with Crippen molar-refractivity contribution in [3.63, 3.8) is 0 Å². The number of hydrogen-bond donors (Lipinski definition) is 1. The van der Waals surface area contributed by atoms with Gasteiger partial charge >= 0.3 is 17.9 Å². The number of esters is 3. The Kier molecular flexibility index (Phi) is 6.25. The summed E-state index contributed by atoms with van der Waals surface area (Å²) in [4.78, 5) is 50.1. The zero-order valence-corrected chi connectivity index (χ0v) is 16.9. The van der Waals surface area contributed by atoms with Crippen LogP contribution in [0.5, 0.6) is 11.5 Å². The molecule has 0 bridgehead atoms. The first-order valence-corrected chi connectivity index (χ1v) is 9.13. The van der Waals surface area contributed by atoms with Gasteiger partial charge in [-0.1, -0.05) is 6.07 Å². The van der Waals surface area contributed by atoms with E-state index >= 15 is 0 Å². The largest absolute Gasteiger partial charge is 0.423 e. The summed E-state index contributed by atoms with van der Waals surface area (Å²) in [5, 5.41) is 2.64. The Morgan fingerprint density at radius 1 is 0.935 bits per heavy atom. The number of cyclic esters (lactones) is 1. The number of nitrogens with zero attached hydrogens (tertiary/aromatic N) is 1. The molecule has 1 heterocycles. The molecule has 0 atom stereocenters. The number of anilines is 1. The third kappa shape index (κ3) is 5.63. The van der Waals surface area contributed by atoms with E-state index in [4.69, 9.17) is 14.2 Å². The van der Waals surface area contributed by atoms with Gasteiger partial charge in [-0.15, -0.1) is 0 Å². The minimum absolute atomic E-state index is 0.0289. The lowest BCUT2D eigenvalue weighted by Crippen LogP contribution is -2.07. The Hall–Kier alpha value is -4.27. The van der Waals surface area contributed by atoms with Crippen LogP contribution in [-0.4, -0.2) is 29.7 Å². The van der Waals surface area contributed by atoms with E-state index in [9.17, 15) is 19.2 Å². The Bertz CT molecular complexity index is 1130. The first-order valence-electron chi connectivity index (χ1n) is 9.13. The molecule has 9 heteroatoms. The van der Waals surface area contributed by atoms with Crippen LogP contribution in [0, 0.1) is 0 Å². The maximum atomic E-state index is 12.2. The summed E-state index contributed by atoms with van der Waals surface area (Å²) < 4.78 is 15.3. The van der Waals surface area contributed by atoms with Crippen molar-refractivity contribution < 1.29 is 33.4 Å². The molecule has 0 unspecified atom stereocenters. The minimum atomic E-state index is -0.654. The molecule has 1 amide bonds. The standard InChI is InChI=1S/C22H18N2O7/c1-12(25)23-17-7-5-16(6-8-17)21-24-18(22(28)31-21)10-15-4-9-19(29-13(2)26)20(11-15)30-14(3)27/h4-11H,1-3H3,(H,23,25)/b18-10+. The lowest BCUT2D eigenvalue weighted by molar-refractivity contribution is -0.134. The monoisotopic (exact) mass is 422 g/mol. The molecule has 2 aromatic rings. The molecule has 0 spiro atoms. The molecule has 0 fully saturated rings. The van der Waals surface area contributed by atoms with Crippen LogP contribution in [0.4, 0.5) is 5.69 Å². The van der Waals surface area contributed by atoms with Crippen LogP contribution in [0.1, 0.15) is 31.9 Å². The summed E-state index contributed by atoms with van der Waals surface area (Å²) in [5.74, 6) is -1.81. The molecule has 1 aliphatic rings. The van der Waals surface area contributed by atoms with Crippen molar-refractivity contribution in [1.82, 2.24) is 0 Å². The van der Waals surface area contributed by atoms with E-state index in [2.05, 4.69) is 10.3 Å². The Labute approximate surface area is 177 Å². The second-order valence-corrected chi connectivity index (χ2v) is 6.49. The van der Waals surface area contributed by atoms with Crippen LogP contribution in [0.15, 0.2) is 53.2 Å². The Morgan fingerprint density at radius 3 is 2.19 bits per heavy atom. The molecular weight excluding hydrogens is 404 g/mol. The number of carbonyl (C=O) groups is 4. The summed E-state index contributed by atoms with van der Waals surface area (Å²) in [7, 11) is 0. The number of amides is 1. The highest BCUT2D eigenvalue weighted by atomic mass is 16.6. The third-order valence-corrected chi connectivity index (χ3v) is 3.85. The maximum absolute atomic E-state index is 12.2. The average molecular weight is 422 g/mol. The van der Waals surface area contributed by atoms with Crippen LogP contribution in [-0.2, 0) is 23.9 Å². The SMILES string of the molecule is CC(=O)Nc1ccc(C2=N/C(=C/c3ccc(OC(C)=O)c(OC(C)=O)c3)C(=O)O2)cc1. The second kappa shape index (κ2) is 9.04. The highest BCUT2D eigenvalue weighted by Crippen LogP contribution is 2.30. The average Bonchev–Trinajstić information content (AvgIpc) is 3.03. The van der Waals surface area contributed by atoms with Crippen LogP contribution in [0.3, 0.4) is 0 Å². The molecule has 1 aliphatic heterocycles. The molecule has 2 aromatic carbocycles. The van der Waals surface area contributed by atoms with Gasteiger partial charge in [-0.25, -0.2) is 9.79 Å². The highest BCUT2D eigenvalue weighted by molar-refractivity contribution is 6.13. The van der Waals surface area contributed by atoms with Crippen LogP contribution in [0.25, 0.3) is 6.08 Å². The number of carbonyl (C=O) groups excluding carboxylic acids is 4. The van der Waals surface area contributed by atoms with Gasteiger partial charge in [0.1, 0.15) is 0 Å². The maximum Gasteiger partial charge on any atom is 0.363 e. The third-order valence-electron chi connectivity index (χ3n) is 3.85. The summed E-state index contributed by atoms with van der Waals surface area (Å²) in [6.07, 6.45) is 1.45. The van der Waals surface area contributed by atoms with Crippen molar-refractivity contribution in [3.05, 3.63) is 59.3 Å². The smallest absolute Gasteiger partial charge is 0.363 e. The van der Waals surface area contributed by atoms with Crippen molar-refractivity contribution in [1.29, 1.82) is 0 Å². The number of ether oxygens (including phenoxy) is 3. The molecule has 0 aromatic heterocycles. The number of benzene rings is 2. The number of aliphatic imine (C=N–C) groups is 1. The molecule has 3 rings (SSSR count). The fraction of sp³-hybridized carbons (Fsp3) is 0.136. The first kappa shape index (κ1) is 21.4. The fourth-order valence-corrected chi connectivity index (χ4v) is 2.68. The van der Waals surface area contributed by atoms with Crippen molar-refractivity contribution >= 4 is 41.5 Å². The van der Waals surface area contributed by atoms with Gasteiger partial charge in [-0.05, 0) is 48.0 Å². The van der Waals surface area contributed by atoms with Crippen LogP contribution < -0.4 is 14.8 Å². The topological polar surface area (TPSA) is 120 Å². The van der Waals surface area contributed by atoms with E-state index in [0.717, 1.165) is 0 Å². The van der Waals surface area contributed by atoms with Gasteiger partial charge in [0.25, 0.3) is 0 Å². The number of rotatable bonds is 5. The highest BCUT2D eigenvalue weighted by Gasteiger charge is 2.24. The van der Waals surface area contributed by atoms with Gasteiger partial charge in [-0.2, -0.15) is 0 Å². The zero-order valence-electron chi connectivity index (χ0n) is 16.9. The van der Waals surface area contributed by atoms with E-state index in [1.165, 1.54) is 39.0 Å². The lowest BCUT2D eigenvalue weighted by atomic mass is 10.1. The van der Waals surface area contributed by atoms with Gasteiger partial charge in [0.2, 0.25) is 11.8 Å². The van der Waals surface area contributed by atoms with E-state index < -0.39 is 17.9 Å². The predicted octanol–water partition coefficient (Wildman–Crippen LogP) is 2.84. The molecule has 1 N–H and O–H groups in total. The molecule has 0 radical (unpaired) electrons. The van der Waals surface area contributed by atoms with Crippen molar-refractivity contribution in [2.24, 2.45) is 4.99 Å². The zero-order chi connectivity index (χ0) is 22.5. The van der Waals surface area contributed by atoms with Gasteiger partial charge < -0.3 is 19.5 Å². The number of nitrogens with one attached hydrogen (secondary N) is 1. The van der Waals surface area contributed by atoms with Crippen molar-refractivity contribution in [2.75, 3.05) is 5.32 Å². The Balaban J connectivity index is 1.88. The van der Waals surface area contributed by atoms with Gasteiger partial charge in [0, 0.05) is 32.0 Å². The number of hydrogen-bond acceptors (Lipinski definition) is 8. The predicted molar refractivity (Wildman–Crippen MR) is 110 cm³/mol. The molecule has 158 valence electrons. The molecule has 0 saturated heterocycles. The summed E-state index contributed by atoms with van der Waals surface area (Å²) in [5.41, 5.74) is 1.67. The van der Waals surface area contributed by atoms with Gasteiger partial charge in [0.15, 0.2) is 17.2 Å². The first-order chi connectivity index (χ1) is 14.7. The van der Waals surface area contributed by atoms with E-state index in [1.807, 2.05) is 0 Å². The van der Waals surface area contributed by atoms with E-state index in [1.54, 1.807) is 30.3 Å². The molecule has 31 heavy (non-hydrogen) atoms. The molecule has 0 saturated carbocycles. The summed E-state index contributed by atoms with van der Waals surface area (Å²) in [6, 6.07) is 11.1. The van der Waals surface area contributed by atoms with Crippen molar-refractivity contribution in [2.45, 2.75) is 20.8 Å². The van der Waals surface area contributed by atoms with Crippen LogP contribution in [0.2, 0.25) is 0 Å². The fourth-order valence-electron chi connectivity index (χ4n) is 2.68. The van der Waals surface area contributed by atoms with Gasteiger partial charge in [0.05, 0.1) is 0 Å². The van der Waals surface area contributed by atoms with Crippen molar-refractivity contribution in [3.8, 4) is 11.5 Å². The van der Waals surface area contributed by atoms with Gasteiger partial charge in [-0.3, -0.25) is 14.4 Å². The van der Waals surface area contributed by atoms with E-state index in [0.29, 0.717) is 16.8 Å². The van der Waals surface area contributed by atoms with Crippen LogP contribution >= 0.6 is 0 Å². The summed E-state index contributed by atoms with van der Waals surface area (Å²) >= 11 is 0.